The van der Waals surface area contributed by atoms with Crippen molar-refractivity contribution in [2.75, 3.05) is 0 Å². The summed E-state index contributed by atoms with van der Waals surface area (Å²) in [4.78, 5) is 26.5. The van der Waals surface area contributed by atoms with Crippen LogP contribution >= 0.6 is 11.6 Å². The van der Waals surface area contributed by atoms with Crippen molar-refractivity contribution in [1.82, 2.24) is 10.2 Å². The largest absolute Gasteiger partial charge is 0.445 e. The van der Waals surface area contributed by atoms with Crippen LogP contribution in [0.4, 0.5) is 0 Å². The SMILES string of the molecule is O=C(O[C@H](C(=O)c1ccccc1)c1ccc(Cl)cc1)c1cccc(-c2nnc(-c3ccccc3)o2)c1. The number of nitrogens with zero attached hydrogens (tertiary/aromatic N) is 2. The summed E-state index contributed by atoms with van der Waals surface area (Å²) in [5.41, 5.74) is 2.53. The van der Waals surface area contributed by atoms with E-state index >= 15 is 0 Å². The van der Waals surface area contributed by atoms with Crippen LogP contribution < -0.4 is 0 Å². The van der Waals surface area contributed by atoms with Gasteiger partial charge in [0.05, 0.1) is 5.56 Å². The number of ether oxygens (including phenoxy) is 1. The van der Waals surface area contributed by atoms with Crippen molar-refractivity contribution in [3.05, 3.63) is 131 Å². The lowest BCUT2D eigenvalue weighted by atomic mass is 9.99. The predicted molar refractivity (Wildman–Crippen MR) is 136 cm³/mol. The minimum absolute atomic E-state index is 0.242. The quantitative estimate of drug-likeness (QED) is 0.182. The van der Waals surface area contributed by atoms with E-state index in [4.69, 9.17) is 20.8 Å². The lowest BCUT2D eigenvalue weighted by Crippen LogP contribution is -2.20. The van der Waals surface area contributed by atoms with E-state index in [1.54, 1.807) is 72.8 Å². The minimum Gasteiger partial charge on any atom is -0.445 e. The van der Waals surface area contributed by atoms with Crippen LogP contribution in [0.2, 0.25) is 5.02 Å². The van der Waals surface area contributed by atoms with Gasteiger partial charge in [-0.3, -0.25) is 4.79 Å². The van der Waals surface area contributed by atoms with Crippen LogP contribution in [0.25, 0.3) is 22.9 Å². The van der Waals surface area contributed by atoms with E-state index in [0.29, 0.717) is 27.6 Å². The zero-order chi connectivity index (χ0) is 24.9. The fourth-order valence-corrected chi connectivity index (χ4v) is 3.78. The Morgan fingerprint density at radius 2 is 1.28 bits per heavy atom. The molecular formula is C29H19ClN2O4. The Labute approximate surface area is 212 Å². The molecule has 0 aliphatic rings. The number of carbonyl (C=O) groups is 2. The van der Waals surface area contributed by atoms with E-state index < -0.39 is 12.1 Å². The second-order valence-corrected chi connectivity index (χ2v) is 8.36. The number of Topliss-reactive ketones (excluding diaryl/α,β-unsaturated/α-hetero) is 1. The second kappa shape index (κ2) is 10.4. The monoisotopic (exact) mass is 494 g/mol. The van der Waals surface area contributed by atoms with E-state index in [9.17, 15) is 9.59 Å². The van der Waals surface area contributed by atoms with Gasteiger partial charge in [0, 0.05) is 27.3 Å². The number of halogens is 1. The molecule has 0 bridgehead atoms. The lowest BCUT2D eigenvalue weighted by molar-refractivity contribution is 0.0280. The number of hydrogen-bond donors (Lipinski definition) is 0. The third-order valence-electron chi connectivity index (χ3n) is 5.49. The van der Waals surface area contributed by atoms with Gasteiger partial charge in [-0.15, -0.1) is 10.2 Å². The summed E-state index contributed by atoms with van der Waals surface area (Å²) in [6.45, 7) is 0. The summed E-state index contributed by atoms with van der Waals surface area (Å²) in [7, 11) is 0. The molecular weight excluding hydrogens is 476 g/mol. The molecule has 1 heterocycles. The molecule has 0 unspecified atom stereocenters. The summed E-state index contributed by atoms with van der Waals surface area (Å²) >= 11 is 6.02. The Balaban J connectivity index is 1.42. The standard InChI is InChI=1S/C29H19ClN2O4/c30-24-16-14-20(15-17-24)26(25(33)19-8-3-1-4-9-19)35-29(34)23-13-7-12-22(18-23)28-32-31-27(36-28)21-10-5-2-6-11-21/h1-18,26H/t26-/m0/s1. The average molecular weight is 495 g/mol. The molecule has 5 rings (SSSR count). The van der Waals surface area contributed by atoms with Crippen molar-refractivity contribution in [3.8, 4) is 22.9 Å². The Hall–Kier alpha value is -4.55. The first-order valence-corrected chi connectivity index (χ1v) is 11.5. The molecule has 1 atom stereocenters. The maximum Gasteiger partial charge on any atom is 0.339 e. The predicted octanol–water partition coefficient (Wildman–Crippen LogP) is 6.84. The molecule has 5 aromatic rings. The lowest BCUT2D eigenvalue weighted by Gasteiger charge is -2.18. The van der Waals surface area contributed by atoms with Crippen LogP contribution in [0.15, 0.2) is 114 Å². The smallest absolute Gasteiger partial charge is 0.339 e. The highest BCUT2D eigenvalue weighted by atomic mass is 35.5. The Morgan fingerprint density at radius 1 is 0.694 bits per heavy atom. The highest BCUT2D eigenvalue weighted by Crippen LogP contribution is 2.28. The van der Waals surface area contributed by atoms with Crippen molar-refractivity contribution in [3.63, 3.8) is 0 Å². The summed E-state index contributed by atoms with van der Waals surface area (Å²) in [5.74, 6) is -0.372. The molecule has 7 heteroatoms. The third-order valence-corrected chi connectivity index (χ3v) is 5.74. The van der Waals surface area contributed by atoms with Crippen LogP contribution in [0.1, 0.15) is 32.4 Å². The number of esters is 1. The zero-order valence-corrected chi connectivity index (χ0v) is 19.6. The topological polar surface area (TPSA) is 82.3 Å². The molecule has 0 saturated carbocycles. The van der Waals surface area contributed by atoms with Crippen LogP contribution in [0, 0.1) is 0 Å². The number of rotatable bonds is 7. The third kappa shape index (κ3) is 5.09. The van der Waals surface area contributed by atoms with E-state index in [2.05, 4.69) is 10.2 Å². The van der Waals surface area contributed by atoms with E-state index in [1.165, 1.54) is 0 Å². The molecule has 36 heavy (non-hydrogen) atoms. The highest BCUT2D eigenvalue weighted by molar-refractivity contribution is 6.30. The van der Waals surface area contributed by atoms with Crippen molar-refractivity contribution in [2.24, 2.45) is 0 Å². The fraction of sp³-hybridized carbons (Fsp3) is 0.0345. The van der Waals surface area contributed by atoms with Gasteiger partial charge >= 0.3 is 5.97 Å². The molecule has 0 spiro atoms. The van der Waals surface area contributed by atoms with Gasteiger partial charge < -0.3 is 9.15 Å². The van der Waals surface area contributed by atoms with Crippen molar-refractivity contribution < 1.29 is 18.7 Å². The first-order chi connectivity index (χ1) is 17.6. The van der Waals surface area contributed by atoms with Gasteiger partial charge in [0.1, 0.15) is 0 Å². The van der Waals surface area contributed by atoms with Gasteiger partial charge in [0.25, 0.3) is 0 Å². The summed E-state index contributed by atoms with van der Waals surface area (Å²) in [6, 6.07) is 31.3. The molecule has 0 N–H and O–H groups in total. The van der Waals surface area contributed by atoms with Gasteiger partial charge in [-0.05, 0) is 42.5 Å². The molecule has 0 aliphatic carbocycles. The summed E-state index contributed by atoms with van der Waals surface area (Å²) in [5, 5.41) is 8.73. The second-order valence-electron chi connectivity index (χ2n) is 7.93. The van der Waals surface area contributed by atoms with Gasteiger partial charge in [0.15, 0.2) is 6.10 Å². The fourth-order valence-electron chi connectivity index (χ4n) is 3.66. The number of carbonyl (C=O) groups excluding carboxylic acids is 2. The molecule has 6 nitrogen and oxygen atoms in total. The number of ketones is 1. The van der Waals surface area contributed by atoms with Crippen LogP contribution in [0.5, 0.6) is 0 Å². The molecule has 0 saturated heterocycles. The van der Waals surface area contributed by atoms with Crippen LogP contribution in [0.3, 0.4) is 0 Å². The maximum absolute atomic E-state index is 13.3. The molecule has 176 valence electrons. The molecule has 4 aromatic carbocycles. The van der Waals surface area contributed by atoms with E-state index in [-0.39, 0.29) is 17.2 Å². The molecule has 1 aromatic heterocycles. The van der Waals surface area contributed by atoms with Gasteiger partial charge in [-0.25, -0.2) is 4.79 Å². The van der Waals surface area contributed by atoms with E-state index in [1.807, 2.05) is 36.4 Å². The number of benzene rings is 4. The molecule has 0 aliphatic heterocycles. The zero-order valence-electron chi connectivity index (χ0n) is 18.9. The van der Waals surface area contributed by atoms with Gasteiger partial charge in [0.2, 0.25) is 17.6 Å². The molecule has 0 amide bonds. The highest BCUT2D eigenvalue weighted by Gasteiger charge is 2.27. The first-order valence-electron chi connectivity index (χ1n) is 11.1. The Kier molecular flexibility index (Phi) is 6.69. The number of hydrogen-bond acceptors (Lipinski definition) is 6. The summed E-state index contributed by atoms with van der Waals surface area (Å²) in [6.07, 6.45) is -1.14. The molecule has 0 fully saturated rings. The van der Waals surface area contributed by atoms with Crippen molar-refractivity contribution in [2.45, 2.75) is 6.10 Å². The van der Waals surface area contributed by atoms with Crippen LogP contribution in [-0.4, -0.2) is 21.9 Å². The van der Waals surface area contributed by atoms with Gasteiger partial charge in [-0.1, -0.05) is 78.3 Å². The normalized spacial score (nSPS) is 11.6. The minimum atomic E-state index is -1.14. The van der Waals surface area contributed by atoms with Crippen molar-refractivity contribution >= 4 is 23.4 Å². The maximum atomic E-state index is 13.3. The first kappa shape index (κ1) is 23.2. The Bertz CT molecular complexity index is 1500. The average Bonchev–Trinajstić information content (AvgIpc) is 3.43. The molecule has 0 radical (unpaired) electrons. The van der Waals surface area contributed by atoms with E-state index in [0.717, 1.165) is 5.56 Å². The van der Waals surface area contributed by atoms with Crippen molar-refractivity contribution in [1.29, 1.82) is 0 Å². The van der Waals surface area contributed by atoms with Crippen LogP contribution in [-0.2, 0) is 4.74 Å². The summed E-state index contributed by atoms with van der Waals surface area (Å²) < 4.78 is 11.6. The number of aromatic nitrogens is 2. The Morgan fingerprint density at radius 3 is 1.97 bits per heavy atom. The van der Waals surface area contributed by atoms with Gasteiger partial charge in [-0.2, -0.15) is 0 Å².